The van der Waals surface area contributed by atoms with Crippen LogP contribution in [0.3, 0.4) is 0 Å². The van der Waals surface area contributed by atoms with Crippen LogP contribution in [0.15, 0.2) is 60.7 Å². The highest BCUT2D eigenvalue weighted by Crippen LogP contribution is 2.36. The highest BCUT2D eigenvalue weighted by Gasteiger charge is 2.32. The molecule has 1 fully saturated rings. The lowest BCUT2D eigenvalue weighted by Crippen LogP contribution is -2.35. The Hall–Kier alpha value is -1.60. The highest BCUT2D eigenvalue weighted by molar-refractivity contribution is 5.19. The van der Waals surface area contributed by atoms with Gasteiger partial charge in [0.15, 0.2) is 0 Å². The van der Waals surface area contributed by atoms with Crippen LogP contribution in [0.2, 0.25) is 0 Å². The quantitative estimate of drug-likeness (QED) is 0.805. The monoisotopic (exact) mass is 279 g/mol. The highest BCUT2D eigenvalue weighted by atomic mass is 14.9. The van der Waals surface area contributed by atoms with Crippen molar-refractivity contribution in [1.29, 1.82) is 0 Å². The molecule has 0 heterocycles. The van der Waals surface area contributed by atoms with E-state index in [0.717, 1.165) is 24.7 Å². The SMILES string of the molecule is CC1CC1CNC(Cc1ccccc1)Cc1ccccc1. The Labute approximate surface area is 128 Å². The zero-order valence-electron chi connectivity index (χ0n) is 12.8. The lowest BCUT2D eigenvalue weighted by atomic mass is 9.99. The number of nitrogens with one attached hydrogen (secondary N) is 1. The summed E-state index contributed by atoms with van der Waals surface area (Å²) in [6.45, 7) is 3.53. The molecule has 1 N–H and O–H groups in total. The fraction of sp³-hybridized carbons (Fsp3) is 0.400. The molecule has 1 heteroatoms. The summed E-state index contributed by atoms with van der Waals surface area (Å²) >= 11 is 0. The molecule has 2 aromatic rings. The molecule has 2 unspecified atom stereocenters. The summed E-state index contributed by atoms with van der Waals surface area (Å²) in [6, 6.07) is 22.2. The maximum Gasteiger partial charge on any atom is 0.0148 e. The third-order valence-electron chi connectivity index (χ3n) is 4.59. The van der Waals surface area contributed by atoms with Gasteiger partial charge in [-0.05, 0) is 48.8 Å². The summed E-state index contributed by atoms with van der Waals surface area (Å²) in [5.41, 5.74) is 2.85. The Balaban J connectivity index is 1.62. The molecular formula is C20H25N. The van der Waals surface area contributed by atoms with Gasteiger partial charge in [0.1, 0.15) is 0 Å². The molecular weight excluding hydrogens is 254 g/mol. The molecule has 3 rings (SSSR count). The van der Waals surface area contributed by atoms with Crippen LogP contribution in [0.5, 0.6) is 0 Å². The maximum atomic E-state index is 3.81. The molecule has 0 spiro atoms. The van der Waals surface area contributed by atoms with Crippen molar-refractivity contribution >= 4 is 0 Å². The van der Waals surface area contributed by atoms with Crippen molar-refractivity contribution in [2.45, 2.75) is 32.2 Å². The van der Waals surface area contributed by atoms with E-state index in [1.165, 1.54) is 24.1 Å². The van der Waals surface area contributed by atoms with Crippen molar-refractivity contribution in [2.24, 2.45) is 11.8 Å². The third kappa shape index (κ3) is 4.44. The predicted molar refractivity (Wildman–Crippen MR) is 89.4 cm³/mol. The molecule has 2 aromatic carbocycles. The molecule has 0 aromatic heterocycles. The van der Waals surface area contributed by atoms with Crippen LogP contribution >= 0.6 is 0 Å². The molecule has 1 nitrogen and oxygen atoms in total. The van der Waals surface area contributed by atoms with Crippen molar-refractivity contribution < 1.29 is 0 Å². The predicted octanol–water partition coefficient (Wildman–Crippen LogP) is 4.09. The van der Waals surface area contributed by atoms with Crippen LogP contribution in [-0.4, -0.2) is 12.6 Å². The van der Waals surface area contributed by atoms with Crippen molar-refractivity contribution in [3.05, 3.63) is 71.8 Å². The van der Waals surface area contributed by atoms with Gasteiger partial charge in [0.05, 0.1) is 0 Å². The Kier molecular flexibility index (Phi) is 4.72. The standard InChI is InChI=1S/C20H25N/c1-16-12-19(16)15-21-20(13-17-8-4-2-5-9-17)14-18-10-6-3-7-11-18/h2-11,16,19-21H,12-15H2,1H3. The van der Waals surface area contributed by atoms with Crippen LogP contribution < -0.4 is 5.32 Å². The van der Waals surface area contributed by atoms with Crippen molar-refractivity contribution in [3.8, 4) is 0 Å². The minimum Gasteiger partial charge on any atom is -0.313 e. The molecule has 1 aliphatic rings. The zero-order chi connectivity index (χ0) is 14.5. The summed E-state index contributed by atoms with van der Waals surface area (Å²) in [5.74, 6) is 1.82. The molecule has 0 radical (unpaired) electrons. The second-order valence-electron chi connectivity index (χ2n) is 6.46. The number of hydrogen-bond donors (Lipinski definition) is 1. The van der Waals surface area contributed by atoms with E-state index < -0.39 is 0 Å². The first kappa shape index (κ1) is 14.3. The fourth-order valence-electron chi connectivity index (χ4n) is 3.02. The smallest absolute Gasteiger partial charge is 0.0148 e. The molecule has 0 amide bonds. The molecule has 1 saturated carbocycles. The first-order valence-electron chi connectivity index (χ1n) is 8.12. The summed E-state index contributed by atoms with van der Waals surface area (Å²) < 4.78 is 0. The Morgan fingerprint density at radius 3 is 1.81 bits per heavy atom. The van der Waals surface area contributed by atoms with Gasteiger partial charge in [-0.2, -0.15) is 0 Å². The molecule has 0 saturated heterocycles. The van der Waals surface area contributed by atoms with E-state index in [1.807, 2.05) is 0 Å². The molecule has 0 bridgehead atoms. The Morgan fingerprint density at radius 1 is 0.905 bits per heavy atom. The van der Waals surface area contributed by atoms with Crippen LogP contribution in [-0.2, 0) is 12.8 Å². The lowest BCUT2D eigenvalue weighted by molar-refractivity contribution is 0.482. The second kappa shape index (κ2) is 6.91. The van der Waals surface area contributed by atoms with E-state index in [-0.39, 0.29) is 0 Å². The largest absolute Gasteiger partial charge is 0.313 e. The van der Waals surface area contributed by atoms with Crippen molar-refractivity contribution in [3.63, 3.8) is 0 Å². The molecule has 110 valence electrons. The third-order valence-corrected chi connectivity index (χ3v) is 4.59. The van der Waals surface area contributed by atoms with Gasteiger partial charge in [-0.1, -0.05) is 67.6 Å². The van der Waals surface area contributed by atoms with Gasteiger partial charge in [-0.25, -0.2) is 0 Å². The Bertz CT molecular complexity index is 493. The average molecular weight is 279 g/mol. The van der Waals surface area contributed by atoms with Crippen molar-refractivity contribution in [1.82, 2.24) is 5.32 Å². The van der Waals surface area contributed by atoms with Crippen LogP contribution in [0.1, 0.15) is 24.5 Å². The lowest BCUT2D eigenvalue weighted by Gasteiger charge is -2.19. The van der Waals surface area contributed by atoms with Gasteiger partial charge in [0, 0.05) is 6.04 Å². The number of rotatable bonds is 7. The van der Waals surface area contributed by atoms with Crippen LogP contribution in [0.4, 0.5) is 0 Å². The minimum absolute atomic E-state index is 0.530. The van der Waals surface area contributed by atoms with Crippen LogP contribution in [0, 0.1) is 11.8 Å². The van der Waals surface area contributed by atoms with Crippen LogP contribution in [0.25, 0.3) is 0 Å². The molecule has 0 aliphatic heterocycles. The average Bonchev–Trinajstić information content (AvgIpc) is 3.23. The summed E-state index contributed by atoms with van der Waals surface area (Å²) in [6.07, 6.45) is 3.62. The fourth-order valence-corrected chi connectivity index (χ4v) is 3.02. The normalized spacial score (nSPS) is 20.7. The van der Waals surface area contributed by atoms with E-state index in [1.54, 1.807) is 0 Å². The summed E-state index contributed by atoms with van der Waals surface area (Å²) in [4.78, 5) is 0. The first-order valence-corrected chi connectivity index (χ1v) is 8.12. The maximum absolute atomic E-state index is 3.81. The zero-order valence-corrected chi connectivity index (χ0v) is 12.8. The minimum atomic E-state index is 0.530. The van der Waals surface area contributed by atoms with Gasteiger partial charge < -0.3 is 5.32 Å². The van der Waals surface area contributed by atoms with E-state index in [9.17, 15) is 0 Å². The molecule has 2 atom stereocenters. The van der Waals surface area contributed by atoms with E-state index >= 15 is 0 Å². The summed E-state index contributed by atoms with van der Waals surface area (Å²) in [7, 11) is 0. The van der Waals surface area contributed by atoms with Crippen molar-refractivity contribution in [2.75, 3.05) is 6.54 Å². The number of benzene rings is 2. The first-order chi connectivity index (χ1) is 10.3. The topological polar surface area (TPSA) is 12.0 Å². The van der Waals surface area contributed by atoms with Gasteiger partial charge in [-0.15, -0.1) is 0 Å². The molecule has 21 heavy (non-hydrogen) atoms. The summed E-state index contributed by atoms with van der Waals surface area (Å²) in [5, 5.41) is 3.81. The van der Waals surface area contributed by atoms with Gasteiger partial charge in [-0.3, -0.25) is 0 Å². The number of hydrogen-bond acceptors (Lipinski definition) is 1. The van der Waals surface area contributed by atoms with Gasteiger partial charge in [0.25, 0.3) is 0 Å². The van der Waals surface area contributed by atoms with E-state index in [2.05, 4.69) is 72.9 Å². The van der Waals surface area contributed by atoms with Gasteiger partial charge >= 0.3 is 0 Å². The van der Waals surface area contributed by atoms with E-state index in [0.29, 0.717) is 6.04 Å². The Morgan fingerprint density at radius 2 is 1.38 bits per heavy atom. The second-order valence-corrected chi connectivity index (χ2v) is 6.46. The van der Waals surface area contributed by atoms with Gasteiger partial charge in [0.2, 0.25) is 0 Å². The molecule has 1 aliphatic carbocycles. The van der Waals surface area contributed by atoms with E-state index in [4.69, 9.17) is 0 Å².